The predicted octanol–water partition coefficient (Wildman–Crippen LogP) is 5.82. The van der Waals surface area contributed by atoms with Crippen LogP contribution in [0.1, 0.15) is 40.9 Å². The molecule has 1 aliphatic heterocycles. The first-order valence-corrected chi connectivity index (χ1v) is 13.0. The van der Waals surface area contributed by atoms with Crippen LogP contribution in [0.3, 0.4) is 0 Å². The van der Waals surface area contributed by atoms with Crippen LogP contribution in [0, 0.1) is 0 Å². The van der Waals surface area contributed by atoms with Crippen molar-refractivity contribution in [1.29, 1.82) is 0 Å². The second-order valence-electron chi connectivity index (χ2n) is 9.19. The molecule has 0 bridgehead atoms. The molecule has 1 aliphatic rings. The van der Waals surface area contributed by atoms with E-state index in [1.165, 1.54) is 5.01 Å². The Morgan fingerprint density at radius 1 is 0.900 bits per heavy atom. The largest absolute Gasteiger partial charge is 0.493 e. The third kappa shape index (κ3) is 5.33. The van der Waals surface area contributed by atoms with E-state index in [1.54, 1.807) is 32.4 Å². The van der Waals surface area contributed by atoms with E-state index in [-0.39, 0.29) is 18.6 Å². The summed E-state index contributed by atoms with van der Waals surface area (Å²) < 4.78 is 22.5. The molecule has 1 unspecified atom stereocenters. The molecule has 8 heteroatoms. The Hall–Kier alpha value is -4.85. The van der Waals surface area contributed by atoms with Crippen molar-refractivity contribution in [2.24, 2.45) is 5.10 Å². The van der Waals surface area contributed by atoms with Crippen LogP contribution in [0.2, 0.25) is 0 Å². The lowest BCUT2D eigenvalue weighted by atomic mass is 9.95. The molecule has 0 saturated heterocycles. The third-order valence-electron chi connectivity index (χ3n) is 6.81. The Labute approximate surface area is 232 Å². The molecule has 0 aromatic heterocycles. The van der Waals surface area contributed by atoms with Crippen molar-refractivity contribution in [3.05, 3.63) is 95.6 Å². The molecule has 0 N–H and O–H groups in total. The summed E-state index contributed by atoms with van der Waals surface area (Å²) in [5.74, 6) is 1.62. The smallest absolute Gasteiger partial charge is 0.281 e. The van der Waals surface area contributed by atoms with Crippen LogP contribution in [0.5, 0.6) is 23.0 Å². The standard InChI is InChI=1S/C32H30N2O6/c1-4-39-31-16-21(19-35)12-14-29(31)40-20-32(36)34-27(23-13-15-28(37-2)30(17-23)38-3)18-26(33-34)25-11-7-9-22-8-5-6-10-24(22)25/h5-17,19,27H,4,18,20H2,1-3H3. The molecule has 4 aromatic carbocycles. The van der Waals surface area contributed by atoms with E-state index in [1.807, 2.05) is 49.4 Å². The minimum absolute atomic E-state index is 0.267. The summed E-state index contributed by atoms with van der Waals surface area (Å²) >= 11 is 0. The fraction of sp³-hybridized carbons (Fsp3) is 0.219. The van der Waals surface area contributed by atoms with E-state index in [4.69, 9.17) is 24.0 Å². The predicted molar refractivity (Wildman–Crippen MR) is 153 cm³/mol. The van der Waals surface area contributed by atoms with E-state index < -0.39 is 0 Å². The number of amides is 1. The van der Waals surface area contributed by atoms with Gasteiger partial charge in [0.05, 0.1) is 32.6 Å². The van der Waals surface area contributed by atoms with Gasteiger partial charge in [-0.05, 0) is 53.6 Å². The van der Waals surface area contributed by atoms with Gasteiger partial charge in [0, 0.05) is 17.5 Å². The van der Waals surface area contributed by atoms with E-state index in [9.17, 15) is 9.59 Å². The third-order valence-corrected chi connectivity index (χ3v) is 6.81. The van der Waals surface area contributed by atoms with E-state index >= 15 is 0 Å². The average molecular weight is 539 g/mol. The Morgan fingerprint density at radius 3 is 2.45 bits per heavy atom. The molecule has 204 valence electrons. The Bertz CT molecular complexity index is 1580. The first-order chi connectivity index (χ1) is 19.6. The van der Waals surface area contributed by atoms with Gasteiger partial charge in [0.25, 0.3) is 5.91 Å². The first-order valence-electron chi connectivity index (χ1n) is 13.0. The Balaban J connectivity index is 1.48. The number of methoxy groups -OCH3 is 2. The van der Waals surface area contributed by atoms with Crippen LogP contribution < -0.4 is 18.9 Å². The molecule has 5 rings (SSSR count). The molecular weight excluding hydrogens is 508 g/mol. The molecule has 0 fully saturated rings. The van der Waals surface area contributed by atoms with Crippen molar-refractivity contribution in [2.45, 2.75) is 19.4 Å². The zero-order valence-electron chi connectivity index (χ0n) is 22.6. The minimum atomic E-state index is -0.381. The van der Waals surface area contributed by atoms with E-state index in [0.717, 1.165) is 33.9 Å². The SMILES string of the molecule is CCOc1cc(C=O)ccc1OCC(=O)N1N=C(c2cccc3ccccc23)CC1c1ccc(OC)c(OC)c1. The molecule has 1 atom stereocenters. The van der Waals surface area contributed by atoms with Gasteiger partial charge in [-0.1, -0.05) is 48.5 Å². The molecule has 0 spiro atoms. The Morgan fingerprint density at radius 2 is 1.68 bits per heavy atom. The highest BCUT2D eigenvalue weighted by atomic mass is 16.5. The van der Waals surface area contributed by atoms with Gasteiger partial charge in [-0.2, -0.15) is 5.10 Å². The van der Waals surface area contributed by atoms with Gasteiger partial charge in [0.1, 0.15) is 6.29 Å². The lowest BCUT2D eigenvalue weighted by molar-refractivity contribution is -0.135. The van der Waals surface area contributed by atoms with Gasteiger partial charge in [0.15, 0.2) is 29.6 Å². The lowest BCUT2D eigenvalue weighted by Crippen LogP contribution is -2.31. The molecular formula is C32H30N2O6. The van der Waals surface area contributed by atoms with Crippen LogP contribution in [0.4, 0.5) is 0 Å². The van der Waals surface area contributed by atoms with Crippen molar-refractivity contribution in [3.63, 3.8) is 0 Å². The molecule has 0 aliphatic carbocycles. The van der Waals surface area contributed by atoms with Gasteiger partial charge in [0.2, 0.25) is 0 Å². The van der Waals surface area contributed by atoms with Crippen molar-refractivity contribution in [1.82, 2.24) is 5.01 Å². The van der Waals surface area contributed by atoms with E-state index in [0.29, 0.717) is 41.6 Å². The second kappa shape index (κ2) is 11.9. The quantitative estimate of drug-likeness (QED) is 0.236. The van der Waals surface area contributed by atoms with Crippen LogP contribution in [0.25, 0.3) is 10.8 Å². The summed E-state index contributed by atoms with van der Waals surface area (Å²) in [5.41, 5.74) is 3.09. The summed E-state index contributed by atoms with van der Waals surface area (Å²) in [6.45, 7) is 1.96. The number of hydrazone groups is 1. The number of fused-ring (bicyclic) bond motifs is 1. The second-order valence-corrected chi connectivity index (χ2v) is 9.19. The molecule has 0 radical (unpaired) electrons. The molecule has 4 aromatic rings. The van der Waals surface area contributed by atoms with Crippen LogP contribution in [0.15, 0.2) is 84.0 Å². The summed E-state index contributed by atoms with van der Waals surface area (Å²) in [6.07, 6.45) is 1.24. The maximum atomic E-state index is 13.7. The number of carbonyl (C=O) groups is 2. The lowest BCUT2D eigenvalue weighted by Gasteiger charge is -2.23. The van der Waals surface area contributed by atoms with Gasteiger partial charge in [-0.25, -0.2) is 5.01 Å². The summed E-state index contributed by atoms with van der Waals surface area (Å²) in [6, 6.07) is 24.3. The highest BCUT2D eigenvalue weighted by Gasteiger charge is 2.34. The van der Waals surface area contributed by atoms with Gasteiger partial charge in [-0.15, -0.1) is 0 Å². The molecule has 0 saturated carbocycles. The number of nitrogens with zero attached hydrogens (tertiary/aromatic N) is 2. The maximum absolute atomic E-state index is 13.7. The molecule has 1 amide bonds. The topological polar surface area (TPSA) is 86.7 Å². The minimum Gasteiger partial charge on any atom is -0.493 e. The number of ether oxygens (including phenoxy) is 4. The number of rotatable bonds is 10. The van der Waals surface area contributed by atoms with Crippen molar-refractivity contribution < 1.29 is 28.5 Å². The monoisotopic (exact) mass is 538 g/mol. The average Bonchev–Trinajstić information content (AvgIpc) is 3.45. The number of hydrogen-bond donors (Lipinski definition) is 0. The van der Waals surface area contributed by atoms with Crippen LogP contribution in [-0.2, 0) is 4.79 Å². The first kappa shape index (κ1) is 26.7. The zero-order chi connectivity index (χ0) is 28.1. The van der Waals surface area contributed by atoms with Gasteiger partial charge in [-0.3, -0.25) is 9.59 Å². The number of hydrogen-bond acceptors (Lipinski definition) is 7. The van der Waals surface area contributed by atoms with Crippen LogP contribution in [-0.4, -0.2) is 50.3 Å². The summed E-state index contributed by atoms with van der Waals surface area (Å²) in [7, 11) is 3.16. The number of carbonyl (C=O) groups excluding carboxylic acids is 2. The van der Waals surface area contributed by atoms with Gasteiger partial charge < -0.3 is 18.9 Å². The Kier molecular flexibility index (Phi) is 7.96. The summed E-state index contributed by atoms with van der Waals surface area (Å²) in [5, 5.41) is 8.48. The normalized spacial score (nSPS) is 14.5. The molecule has 8 nitrogen and oxygen atoms in total. The zero-order valence-corrected chi connectivity index (χ0v) is 22.6. The van der Waals surface area contributed by atoms with Crippen LogP contribution >= 0.6 is 0 Å². The van der Waals surface area contributed by atoms with E-state index in [2.05, 4.69) is 18.2 Å². The van der Waals surface area contributed by atoms with Gasteiger partial charge >= 0.3 is 0 Å². The highest BCUT2D eigenvalue weighted by Crippen LogP contribution is 2.38. The number of aldehydes is 1. The van der Waals surface area contributed by atoms with Crippen molar-refractivity contribution >= 4 is 28.7 Å². The molecule has 40 heavy (non-hydrogen) atoms. The number of benzene rings is 4. The fourth-order valence-corrected chi connectivity index (χ4v) is 4.89. The van der Waals surface area contributed by atoms with Crippen molar-refractivity contribution in [2.75, 3.05) is 27.4 Å². The van der Waals surface area contributed by atoms with Crippen molar-refractivity contribution in [3.8, 4) is 23.0 Å². The summed E-state index contributed by atoms with van der Waals surface area (Å²) in [4.78, 5) is 24.9. The fourth-order valence-electron chi connectivity index (χ4n) is 4.89. The molecule has 1 heterocycles. The maximum Gasteiger partial charge on any atom is 0.281 e. The highest BCUT2D eigenvalue weighted by molar-refractivity contribution is 6.12.